The molecule has 0 atom stereocenters. The highest BCUT2D eigenvalue weighted by Gasteiger charge is 2.03. The summed E-state index contributed by atoms with van der Waals surface area (Å²) in [6.45, 7) is 7.30. The monoisotopic (exact) mass is 248 g/mol. The van der Waals surface area contributed by atoms with Crippen molar-refractivity contribution in [3.8, 4) is 0 Å². The molecule has 0 heterocycles. The Bertz CT molecular complexity index is 140. The fourth-order valence-electron chi connectivity index (χ4n) is 1.50. The summed E-state index contributed by atoms with van der Waals surface area (Å²) in [4.78, 5) is 2.37. The minimum Gasteiger partial charge on any atom is -0.383 e. The number of nitrogens with zero attached hydrogens (tertiary/aromatic N) is 1. The Kier molecular flexibility index (Phi) is 13.7. The largest absolute Gasteiger partial charge is 0.383 e. The van der Waals surface area contributed by atoms with Gasteiger partial charge in [0, 0.05) is 41.0 Å². The molecule has 0 saturated heterocycles. The molecule has 0 fully saturated rings. The standard InChI is InChI=1S/C12H28N2O3/c1-15-10-6-13-5-4-7-14(8-11-16-2)9-12-17-3/h13H,4-12H2,1-3H3. The van der Waals surface area contributed by atoms with Gasteiger partial charge in [0.1, 0.15) is 0 Å². The van der Waals surface area contributed by atoms with Crippen LogP contribution in [-0.4, -0.2) is 78.8 Å². The van der Waals surface area contributed by atoms with Crippen LogP contribution < -0.4 is 5.32 Å². The highest BCUT2D eigenvalue weighted by molar-refractivity contribution is 4.58. The fourth-order valence-corrected chi connectivity index (χ4v) is 1.50. The third kappa shape index (κ3) is 12.1. The quantitative estimate of drug-likeness (QED) is 0.472. The van der Waals surface area contributed by atoms with Gasteiger partial charge in [-0.05, 0) is 19.5 Å². The lowest BCUT2D eigenvalue weighted by Gasteiger charge is -2.21. The van der Waals surface area contributed by atoms with Crippen LogP contribution in [0.2, 0.25) is 0 Å². The van der Waals surface area contributed by atoms with Gasteiger partial charge < -0.3 is 19.5 Å². The van der Waals surface area contributed by atoms with Crippen LogP contribution in [0.4, 0.5) is 0 Å². The minimum absolute atomic E-state index is 0.775. The molecule has 5 nitrogen and oxygen atoms in total. The van der Waals surface area contributed by atoms with Crippen LogP contribution in [0.3, 0.4) is 0 Å². The molecule has 0 aromatic rings. The molecule has 0 aromatic carbocycles. The van der Waals surface area contributed by atoms with E-state index in [0.29, 0.717) is 0 Å². The van der Waals surface area contributed by atoms with Crippen molar-refractivity contribution in [1.29, 1.82) is 0 Å². The molecule has 0 aliphatic heterocycles. The molecule has 0 amide bonds. The van der Waals surface area contributed by atoms with Gasteiger partial charge in [0.05, 0.1) is 19.8 Å². The van der Waals surface area contributed by atoms with E-state index in [4.69, 9.17) is 14.2 Å². The molecule has 0 unspecified atom stereocenters. The molecular formula is C12H28N2O3. The number of rotatable bonds is 13. The molecule has 1 N–H and O–H groups in total. The van der Waals surface area contributed by atoms with Crippen molar-refractivity contribution in [3.63, 3.8) is 0 Å². The van der Waals surface area contributed by atoms with Crippen LogP contribution in [0.25, 0.3) is 0 Å². The summed E-state index contributed by atoms with van der Waals surface area (Å²) in [5, 5.41) is 3.34. The first-order valence-corrected chi connectivity index (χ1v) is 6.25. The molecular weight excluding hydrogens is 220 g/mol. The Morgan fingerprint density at radius 1 is 0.765 bits per heavy atom. The first-order chi connectivity index (χ1) is 8.35. The van der Waals surface area contributed by atoms with Crippen molar-refractivity contribution in [2.45, 2.75) is 6.42 Å². The van der Waals surface area contributed by atoms with Gasteiger partial charge in [0.15, 0.2) is 0 Å². The average molecular weight is 248 g/mol. The van der Waals surface area contributed by atoms with Gasteiger partial charge in [0.25, 0.3) is 0 Å². The summed E-state index contributed by atoms with van der Waals surface area (Å²) in [5.74, 6) is 0. The summed E-state index contributed by atoms with van der Waals surface area (Å²) in [5.41, 5.74) is 0. The zero-order valence-corrected chi connectivity index (χ0v) is 11.5. The third-order valence-corrected chi connectivity index (χ3v) is 2.53. The Morgan fingerprint density at radius 3 is 1.88 bits per heavy atom. The highest BCUT2D eigenvalue weighted by Crippen LogP contribution is 1.92. The van der Waals surface area contributed by atoms with E-state index in [1.54, 1.807) is 21.3 Å². The first kappa shape index (κ1) is 16.8. The van der Waals surface area contributed by atoms with Crippen LogP contribution >= 0.6 is 0 Å². The van der Waals surface area contributed by atoms with Crippen molar-refractivity contribution >= 4 is 0 Å². The molecule has 0 rings (SSSR count). The molecule has 0 aromatic heterocycles. The number of nitrogens with one attached hydrogen (secondary N) is 1. The van der Waals surface area contributed by atoms with Gasteiger partial charge in [-0.15, -0.1) is 0 Å². The molecule has 0 bridgehead atoms. The molecule has 5 heteroatoms. The average Bonchev–Trinajstić information content (AvgIpc) is 2.35. The molecule has 0 aliphatic rings. The van der Waals surface area contributed by atoms with E-state index < -0.39 is 0 Å². The molecule has 0 radical (unpaired) electrons. The number of methoxy groups -OCH3 is 3. The molecule has 0 saturated carbocycles. The topological polar surface area (TPSA) is 43.0 Å². The summed E-state index contributed by atoms with van der Waals surface area (Å²) >= 11 is 0. The molecule has 17 heavy (non-hydrogen) atoms. The molecule has 0 aliphatic carbocycles. The van der Waals surface area contributed by atoms with Gasteiger partial charge in [-0.2, -0.15) is 0 Å². The maximum absolute atomic E-state index is 5.10. The van der Waals surface area contributed by atoms with Gasteiger partial charge in [-0.1, -0.05) is 0 Å². The van der Waals surface area contributed by atoms with E-state index in [1.165, 1.54) is 0 Å². The van der Waals surface area contributed by atoms with Crippen molar-refractivity contribution in [2.24, 2.45) is 0 Å². The van der Waals surface area contributed by atoms with E-state index in [1.807, 2.05) is 0 Å². The van der Waals surface area contributed by atoms with Gasteiger partial charge in [-0.3, -0.25) is 4.90 Å². The number of hydrogen-bond donors (Lipinski definition) is 1. The van der Waals surface area contributed by atoms with Crippen LogP contribution in [-0.2, 0) is 14.2 Å². The first-order valence-electron chi connectivity index (χ1n) is 6.25. The second kappa shape index (κ2) is 13.9. The fraction of sp³-hybridized carbons (Fsp3) is 1.00. The van der Waals surface area contributed by atoms with Crippen LogP contribution in [0.1, 0.15) is 6.42 Å². The second-order valence-corrected chi connectivity index (χ2v) is 3.92. The summed E-state index contributed by atoms with van der Waals surface area (Å²) in [6.07, 6.45) is 1.14. The normalized spacial score (nSPS) is 11.3. The lowest BCUT2D eigenvalue weighted by atomic mass is 10.3. The van der Waals surface area contributed by atoms with Gasteiger partial charge in [-0.25, -0.2) is 0 Å². The van der Waals surface area contributed by atoms with E-state index in [2.05, 4.69) is 10.2 Å². The van der Waals surface area contributed by atoms with E-state index in [9.17, 15) is 0 Å². The minimum atomic E-state index is 0.775. The smallest absolute Gasteiger partial charge is 0.0589 e. The summed E-state index contributed by atoms with van der Waals surface area (Å²) in [7, 11) is 5.19. The zero-order valence-electron chi connectivity index (χ0n) is 11.5. The van der Waals surface area contributed by atoms with Gasteiger partial charge in [0.2, 0.25) is 0 Å². The van der Waals surface area contributed by atoms with Crippen molar-refractivity contribution in [1.82, 2.24) is 10.2 Å². The van der Waals surface area contributed by atoms with E-state index in [0.717, 1.165) is 59.0 Å². The third-order valence-electron chi connectivity index (χ3n) is 2.53. The van der Waals surface area contributed by atoms with Crippen LogP contribution in [0, 0.1) is 0 Å². The summed E-state index contributed by atoms with van der Waals surface area (Å²) in [6, 6.07) is 0. The molecule has 0 spiro atoms. The Hall–Kier alpha value is -0.200. The van der Waals surface area contributed by atoms with Crippen LogP contribution in [0.5, 0.6) is 0 Å². The highest BCUT2D eigenvalue weighted by atomic mass is 16.5. The van der Waals surface area contributed by atoms with E-state index >= 15 is 0 Å². The van der Waals surface area contributed by atoms with Crippen molar-refractivity contribution < 1.29 is 14.2 Å². The Balaban J connectivity index is 3.45. The number of ether oxygens (including phenoxy) is 3. The van der Waals surface area contributed by atoms with Crippen molar-refractivity contribution in [3.05, 3.63) is 0 Å². The molecule has 104 valence electrons. The lowest BCUT2D eigenvalue weighted by Crippen LogP contribution is -2.33. The predicted octanol–water partition coefficient (Wildman–Crippen LogP) is 0.207. The Labute approximate surface area is 105 Å². The van der Waals surface area contributed by atoms with E-state index in [-0.39, 0.29) is 0 Å². The second-order valence-electron chi connectivity index (χ2n) is 3.92. The number of hydrogen-bond acceptors (Lipinski definition) is 5. The van der Waals surface area contributed by atoms with Crippen molar-refractivity contribution in [2.75, 3.05) is 73.9 Å². The Morgan fingerprint density at radius 2 is 1.35 bits per heavy atom. The zero-order chi connectivity index (χ0) is 12.8. The maximum Gasteiger partial charge on any atom is 0.0589 e. The van der Waals surface area contributed by atoms with Gasteiger partial charge >= 0.3 is 0 Å². The summed E-state index contributed by atoms with van der Waals surface area (Å²) < 4.78 is 15.2. The maximum atomic E-state index is 5.10. The SMILES string of the molecule is COCCNCCCN(CCOC)CCOC. The lowest BCUT2D eigenvalue weighted by molar-refractivity contribution is 0.113. The van der Waals surface area contributed by atoms with Crippen LogP contribution in [0.15, 0.2) is 0 Å². The predicted molar refractivity (Wildman–Crippen MR) is 69.6 cm³/mol.